The molecule has 10 aromatic carbocycles. The predicted molar refractivity (Wildman–Crippen MR) is 286 cm³/mol. The fourth-order valence-electron chi connectivity index (χ4n) is 10.1. The minimum absolute atomic E-state index is 0.873. The van der Waals surface area contributed by atoms with Crippen molar-refractivity contribution in [3.8, 4) is 33.4 Å². The Morgan fingerprint density at radius 3 is 1.00 bits per heavy atom. The van der Waals surface area contributed by atoms with Gasteiger partial charge in [0.1, 0.15) is 22.3 Å². The van der Waals surface area contributed by atoms with Gasteiger partial charge in [-0.15, -0.1) is 0 Å². The number of hydrogen-bond donors (Lipinski definition) is 0. The molecule has 0 bridgehead atoms. The van der Waals surface area contributed by atoms with Crippen molar-refractivity contribution in [2.24, 2.45) is 0 Å². The van der Waals surface area contributed by atoms with Gasteiger partial charge in [-0.05, 0) is 180 Å². The topological polar surface area (TPSA) is 32.8 Å². The molecule has 0 radical (unpaired) electrons. The van der Waals surface area contributed by atoms with Crippen LogP contribution in [0.25, 0.3) is 77.3 Å². The number of anilines is 6. The molecule has 0 aliphatic rings. The van der Waals surface area contributed by atoms with Crippen LogP contribution >= 0.6 is 0 Å². The Balaban J connectivity index is 0.926. The maximum absolute atomic E-state index is 6.41. The van der Waals surface area contributed by atoms with Crippen LogP contribution in [0.2, 0.25) is 0 Å². The van der Waals surface area contributed by atoms with Crippen LogP contribution in [0.5, 0.6) is 0 Å². The van der Waals surface area contributed by atoms with E-state index in [1.54, 1.807) is 0 Å². The molecule has 12 rings (SSSR count). The van der Waals surface area contributed by atoms with E-state index in [0.29, 0.717) is 0 Å². The highest BCUT2D eigenvalue weighted by Crippen LogP contribution is 2.45. The summed E-state index contributed by atoms with van der Waals surface area (Å²) in [4.78, 5) is 4.76. The summed E-state index contributed by atoms with van der Waals surface area (Å²) >= 11 is 0. The summed E-state index contributed by atoms with van der Waals surface area (Å²) < 4.78 is 12.8. The van der Waals surface area contributed by atoms with Crippen LogP contribution in [-0.2, 0) is 0 Å². The molecule has 0 N–H and O–H groups in total. The molecule has 0 atom stereocenters. The summed E-state index contributed by atoms with van der Waals surface area (Å²) in [7, 11) is 0. The Morgan fingerprint density at radius 2 is 0.603 bits per heavy atom. The normalized spacial score (nSPS) is 11.5. The van der Waals surface area contributed by atoms with Gasteiger partial charge in [-0.2, -0.15) is 0 Å². The number of rotatable bonds is 9. The molecule has 4 heteroatoms. The van der Waals surface area contributed by atoms with E-state index >= 15 is 0 Å². The second-order valence-electron chi connectivity index (χ2n) is 18.0. The lowest BCUT2D eigenvalue weighted by Crippen LogP contribution is -2.12. The fourth-order valence-corrected chi connectivity index (χ4v) is 10.1. The Labute approximate surface area is 396 Å². The van der Waals surface area contributed by atoms with Crippen LogP contribution in [0.15, 0.2) is 227 Å². The summed E-state index contributed by atoms with van der Waals surface area (Å²) in [5, 5.41) is 4.39. The fraction of sp³-hybridized carbons (Fsp3) is 0.0625. The van der Waals surface area contributed by atoms with Gasteiger partial charge < -0.3 is 18.6 Å². The number of para-hydroxylation sites is 2. The molecule has 0 aliphatic carbocycles. The first-order valence-corrected chi connectivity index (χ1v) is 23.3. The average Bonchev–Trinajstić information content (AvgIpc) is 3.93. The summed E-state index contributed by atoms with van der Waals surface area (Å²) in [6, 6.07) is 78.2. The largest absolute Gasteiger partial charge is 0.456 e. The monoisotopic (exact) mass is 876 g/mol. The lowest BCUT2D eigenvalue weighted by Gasteiger charge is -2.28. The Hall–Kier alpha value is -8.60. The third-order valence-electron chi connectivity index (χ3n) is 13.6. The van der Waals surface area contributed by atoms with E-state index in [0.717, 1.165) is 78.0 Å². The van der Waals surface area contributed by atoms with E-state index in [2.05, 4.69) is 256 Å². The van der Waals surface area contributed by atoms with Gasteiger partial charge in [0.05, 0.1) is 0 Å². The van der Waals surface area contributed by atoms with Crippen LogP contribution in [0.3, 0.4) is 0 Å². The number of benzene rings is 10. The van der Waals surface area contributed by atoms with Crippen molar-refractivity contribution in [1.82, 2.24) is 0 Å². The minimum atomic E-state index is 0.873. The average molecular weight is 877 g/mol. The molecule has 68 heavy (non-hydrogen) atoms. The molecule has 2 heterocycles. The molecule has 0 spiro atoms. The van der Waals surface area contributed by atoms with Crippen molar-refractivity contribution < 1.29 is 8.83 Å². The van der Waals surface area contributed by atoms with Gasteiger partial charge in [-0.3, -0.25) is 0 Å². The molecule has 0 fully saturated rings. The third-order valence-corrected chi connectivity index (χ3v) is 13.6. The van der Waals surface area contributed by atoms with Gasteiger partial charge in [0.25, 0.3) is 0 Å². The lowest BCUT2D eigenvalue weighted by atomic mass is 9.95. The SMILES string of the molecule is Cc1cc(N(c2ccc3oc4ccc(-c5ccccc5)cc4c3c2)c2ccccc2C)ccc1-c1ccc(N(c2ccc3oc4ccc(-c5ccccc5)cc4c3c2)c2ccccc2C)cc1C. The summed E-state index contributed by atoms with van der Waals surface area (Å²) in [5.74, 6) is 0. The molecule has 4 nitrogen and oxygen atoms in total. The third kappa shape index (κ3) is 7.19. The standard InChI is InChI=1S/C64H48N2O2/c1-41-15-11-13-21-59(41)65(51-27-33-63-57(39-51)55-37-47(23-31-61(55)67-63)45-17-7-5-8-18-45)49-25-29-53(43(3)35-49)54-30-26-50(36-44(54)4)66(60-22-14-12-16-42(60)2)52-28-34-64-58(40-52)56-38-48(24-32-62(56)68-64)46-19-9-6-10-20-46/h5-40H,1-4H3. The van der Waals surface area contributed by atoms with E-state index in [9.17, 15) is 0 Å². The number of fused-ring (bicyclic) bond motifs is 6. The molecule has 2 aromatic heterocycles. The first kappa shape index (κ1) is 40.9. The number of nitrogens with zero attached hydrogens (tertiary/aromatic N) is 2. The number of furan rings is 2. The van der Waals surface area contributed by atoms with E-state index in [1.807, 2.05) is 0 Å². The molecule has 0 saturated heterocycles. The predicted octanol–water partition coefficient (Wildman–Crippen LogP) is 18.7. The van der Waals surface area contributed by atoms with Crippen molar-refractivity contribution in [2.45, 2.75) is 27.7 Å². The zero-order valence-electron chi connectivity index (χ0n) is 38.5. The van der Waals surface area contributed by atoms with Gasteiger partial charge in [0, 0.05) is 55.7 Å². The van der Waals surface area contributed by atoms with Crippen LogP contribution < -0.4 is 9.80 Å². The van der Waals surface area contributed by atoms with E-state index in [-0.39, 0.29) is 0 Å². The molecular weight excluding hydrogens is 829 g/mol. The number of aryl methyl sites for hydroxylation is 4. The van der Waals surface area contributed by atoms with Gasteiger partial charge in [0.15, 0.2) is 0 Å². The molecular formula is C64H48N2O2. The van der Waals surface area contributed by atoms with Crippen LogP contribution in [-0.4, -0.2) is 0 Å². The van der Waals surface area contributed by atoms with Gasteiger partial charge in [0.2, 0.25) is 0 Å². The van der Waals surface area contributed by atoms with Crippen molar-refractivity contribution in [3.63, 3.8) is 0 Å². The van der Waals surface area contributed by atoms with Crippen molar-refractivity contribution >= 4 is 78.0 Å². The Bertz CT molecular complexity index is 3610. The Morgan fingerprint density at radius 1 is 0.265 bits per heavy atom. The molecule has 0 unspecified atom stereocenters. The smallest absolute Gasteiger partial charge is 0.135 e. The quantitative estimate of drug-likeness (QED) is 0.145. The summed E-state index contributed by atoms with van der Waals surface area (Å²) in [6.07, 6.45) is 0. The maximum Gasteiger partial charge on any atom is 0.135 e. The van der Waals surface area contributed by atoms with Crippen molar-refractivity contribution in [3.05, 3.63) is 241 Å². The zero-order chi connectivity index (χ0) is 45.9. The molecule has 0 amide bonds. The van der Waals surface area contributed by atoms with Crippen molar-refractivity contribution in [2.75, 3.05) is 9.80 Å². The van der Waals surface area contributed by atoms with Gasteiger partial charge >= 0.3 is 0 Å². The second-order valence-corrected chi connectivity index (χ2v) is 18.0. The molecule has 326 valence electrons. The Kier molecular flexibility index (Phi) is 10.0. The summed E-state index contributed by atoms with van der Waals surface area (Å²) in [5.41, 5.74) is 22.0. The maximum atomic E-state index is 6.41. The highest BCUT2D eigenvalue weighted by molar-refractivity contribution is 6.09. The van der Waals surface area contributed by atoms with E-state index < -0.39 is 0 Å². The molecule has 0 aliphatic heterocycles. The zero-order valence-corrected chi connectivity index (χ0v) is 38.5. The highest BCUT2D eigenvalue weighted by atomic mass is 16.3. The van der Waals surface area contributed by atoms with Crippen LogP contribution in [0, 0.1) is 27.7 Å². The van der Waals surface area contributed by atoms with E-state index in [1.165, 1.54) is 55.6 Å². The van der Waals surface area contributed by atoms with Crippen LogP contribution in [0.1, 0.15) is 22.3 Å². The highest BCUT2D eigenvalue weighted by Gasteiger charge is 2.21. The first-order chi connectivity index (χ1) is 33.3. The lowest BCUT2D eigenvalue weighted by molar-refractivity contribution is 0.668. The minimum Gasteiger partial charge on any atom is -0.456 e. The van der Waals surface area contributed by atoms with Crippen LogP contribution in [0.4, 0.5) is 34.1 Å². The molecule has 12 aromatic rings. The van der Waals surface area contributed by atoms with E-state index in [4.69, 9.17) is 8.83 Å². The van der Waals surface area contributed by atoms with Crippen molar-refractivity contribution in [1.29, 1.82) is 0 Å². The number of hydrogen-bond acceptors (Lipinski definition) is 4. The van der Waals surface area contributed by atoms with Gasteiger partial charge in [-0.25, -0.2) is 0 Å². The molecule has 0 saturated carbocycles. The first-order valence-electron chi connectivity index (χ1n) is 23.3. The second kappa shape index (κ2) is 16.7. The summed E-state index contributed by atoms with van der Waals surface area (Å²) in [6.45, 7) is 8.83. The van der Waals surface area contributed by atoms with Gasteiger partial charge in [-0.1, -0.05) is 121 Å².